The molecule has 0 bridgehead atoms. The van der Waals surface area contributed by atoms with Crippen LogP contribution in [-0.4, -0.2) is 44.9 Å². The third kappa shape index (κ3) is 3.43. The fraction of sp³-hybridized carbons (Fsp3) is 0.538. The average molecular weight is 236 g/mol. The second kappa shape index (κ2) is 6.00. The van der Waals surface area contributed by atoms with Crippen LogP contribution in [0, 0.1) is 0 Å². The molecule has 0 radical (unpaired) electrons. The highest BCUT2D eigenvalue weighted by Gasteiger charge is 2.15. The van der Waals surface area contributed by atoms with E-state index in [1.165, 1.54) is 0 Å². The van der Waals surface area contributed by atoms with Crippen LogP contribution in [0.4, 0.5) is 0 Å². The van der Waals surface area contributed by atoms with Gasteiger partial charge >= 0.3 is 0 Å². The van der Waals surface area contributed by atoms with E-state index in [2.05, 4.69) is 4.90 Å². The van der Waals surface area contributed by atoms with Gasteiger partial charge in [-0.15, -0.1) is 0 Å². The van der Waals surface area contributed by atoms with Gasteiger partial charge < -0.3 is 15.2 Å². The minimum Gasteiger partial charge on any atom is -0.497 e. The summed E-state index contributed by atoms with van der Waals surface area (Å²) < 4.78 is 10.5. The molecule has 4 nitrogen and oxygen atoms in total. The van der Waals surface area contributed by atoms with Gasteiger partial charge in [-0.3, -0.25) is 4.90 Å². The summed E-state index contributed by atoms with van der Waals surface area (Å²) in [6.45, 7) is 4.43. The molecule has 1 aromatic rings. The van der Waals surface area contributed by atoms with Crippen molar-refractivity contribution in [2.45, 2.75) is 6.04 Å². The Morgan fingerprint density at radius 3 is 2.88 bits per heavy atom. The fourth-order valence-corrected chi connectivity index (χ4v) is 2.04. The normalized spacial score (nSPS) is 18.9. The quantitative estimate of drug-likeness (QED) is 0.848. The molecule has 1 aromatic carbocycles. The number of benzene rings is 1. The lowest BCUT2D eigenvalue weighted by atomic mass is 10.1. The third-order valence-corrected chi connectivity index (χ3v) is 3.08. The molecule has 1 unspecified atom stereocenters. The Bertz CT molecular complexity index is 351. The monoisotopic (exact) mass is 236 g/mol. The van der Waals surface area contributed by atoms with Gasteiger partial charge in [0.1, 0.15) is 5.75 Å². The maximum absolute atomic E-state index is 6.21. The fourth-order valence-electron chi connectivity index (χ4n) is 2.04. The first-order chi connectivity index (χ1) is 8.29. The molecule has 1 heterocycles. The molecular formula is C13H20N2O2. The van der Waals surface area contributed by atoms with Gasteiger partial charge in [0.25, 0.3) is 0 Å². The number of nitrogens with two attached hydrogens (primary N) is 1. The van der Waals surface area contributed by atoms with Crippen LogP contribution in [0.1, 0.15) is 11.6 Å². The van der Waals surface area contributed by atoms with Crippen molar-refractivity contribution < 1.29 is 9.47 Å². The SMILES string of the molecule is COc1cccc(C(N)CN2CCOCC2)c1. The zero-order chi connectivity index (χ0) is 12.1. The predicted octanol–water partition coefficient (Wildman–Crippen LogP) is 1.03. The number of hydrogen-bond acceptors (Lipinski definition) is 4. The molecule has 0 aliphatic carbocycles. The molecule has 0 spiro atoms. The van der Waals surface area contributed by atoms with E-state index < -0.39 is 0 Å². The van der Waals surface area contributed by atoms with Crippen molar-refractivity contribution in [2.75, 3.05) is 40.0 Å². The van der Waals surface area contributed by atoms with Crippen molar-refractivity contribution in [1.82, 2.24) is 4.90 Å². The van der Waals surface area contributed by atoms with E-state index in [1.54, 1.807) is 7.11 Å². The van der Waals surface area contributed by atoms with Gasteiger partial charge in [0.2, 0.25) is 0 Å². The Labute approximate surface area is 102 Å². The van der Waals surface area contributed by atoms with Gasteiger partial charge in [-0.25, -0.2) is 0 Å². The van der Waals surface area contributed by atoms with E-state index in [-0.39, 0.29) is 6.04 Å². The predicted molar refractivity (Wildman–Crippen MR) is 67.2 cm³/mol. The topological polar surface area (TPSA) is 47.7 Å². The van der Waals surface area contributed by atoms with Gasteiger partial charge in [-0.05, 0) is 17.7 Å². The smallest absolute Gasteiger partial charge is 0.119 e. The van der Waals surface area contributed by atoms with Crippen LogP contribution >= 0.6 is 0 Å². The first-order valence-electron chi connectivity index (χ1n) is 5.99. The maximum atomic E-state index is 6.21. The van der Waals surface area contributed by atoms with Crippen LogP contribution in [0.15, 0.2) is 24.3 Å². The summed E-state index contributed by atoms with van der Waals surface area (Å²) in [4.78, 5) is 2.34. The number of ether oxygens (including phenoxy) is 2. The van der Waals surface area contributed by atoms with Crippen LogP contribution in [0.5, 0.6) is 5.75 Å². The van der Waals surface area contributed by atoms with Crippen molar-refractivity contribution in [3.8, 4) is 5.75 Å². The molecule has 0 saturated carbocycles. The average Bonchev–Trinajstić information content (AvgIpc) is 2.40. The number of methoxy groups -OCH3 is 1. The Morgan fingerprint density at radius 1 is 1.41 bits per heavy atom. The molecule has 1 fully saturated rings. The molecular weight excluding hydrogens is 216 g/mol. The molecule has 1 saturated heterocycles. The summed E-state index contributed by atoms with van der Waals surface area (Å²) in [6, 6.07) is 8.00. The number of rotatable bonds is 4. The Kier molecular flexibility index (Phi) is 4.36. The zero-order valence-corrected chi connectivity index (χ0v) is 10.3. The molecule has 0 amide bonds. The Hall–Kier alpha value is -1.10. The molecule has 2 rings (SSSR count). The van der Waals surface area contributed by atoms with Crippen LogP contribution < -0.4 is 10.5 Å². The lowest BCUT2D eigenvalue weighted by molar-refractivity contribution is 0.0352. The van der Waals surface area contributed by atoms with Gasteiger partial charge in [0.05, 0.1) is 20.3 Å². The Morgan fingerprint density at radius 2 is 2.18 bits per heavy atom. The second-order valence-corrected chi connectivity index (χ2v) is 4.30. The molecule has 94 valence electrons. The standard InChI is InChI=1S/C13H20N2O2/c1-16-12-4-2-3-11(9-12)13(14)10-15-5-7-17-8-6-15/h2-4,9,13H,5-8,10,14H2,1H3. The van der Waals surface area contributed by atoms with Crippen LogP contribution in [-0.2, 0) is 4.74 Å². The van der Waals surface area contributed by atoms with E-state index >= 15 is 0 Å². The van der Waals surface area contributed by atoms with Crippen LogP contribution in [0.25, 0.3) is 0 Å². The summed E-state index contributed by atoms with van der Waals surface area (Å²) in [7, 11) is 1.67. The number of morpholine rings is 1. The lowest BCUT2D eigenvalue weighted by Crippen LogP contribution is -2.40. The van der Waals surface area contributed by atoms with Crippen molar-refractivity contribution in [3.05, 3.63) is 29.8 Å². The van der Waals surface area contributed by atoms with E-state index in [4.69, 9.17) is 15.2 Å². The summed E-state index contributed by atoms with van der Waals surface area (Å²) in [5.74, 6) is 0.861. The lowest BCUT2D eigenvalue weighted by Gasteiger charge is -2.29. The first-order valence-corrected chi connectivity index (χ1v) is 5.99. The Balaban J connectivity index is 1.95. The van der Waals surface area contributed by atoms with Gasteiger partial charge in [0, 0.05) is 25.7 Å². The first kappa shape index (κ1) is 12.4. The molecule has 17 heavy (non-hydrogen) atoms. The third-order valence-electron chi connectivity index (χ3n) is 3.08. The van der Waals surface area contributed by atoms with E-state index in [9.17, 15) is 0 Å². The summed E-state index contributed by atoms with van der Waals surface area (Å²) in [5, 5.41) is 0. The highest BCUT2D eigenvalue weighted by Crippen LogP contribution is 2.18. The molecule has 0 aromatic heterocycles. The van der Waals surface area contributed by atoms with E-state index in [1.807, 2.05) is 24.3 Å². The van der Waals surface area contributed by atoms with Crippen LogP contribution in [0.3, 0.4) is 0 Å². The number of nitrogens with zero attached hydrogens (tertiary/aromatic N) is 1. The minimum atomic E-state index is 0.0307. The highest BCUT2D eigenvalue weighted by atomic mass is 16.5. The minimum absolute atomic E-state index is 0.0307. The zero-order valence-electron chi connectivity index (χ0n) is 10.3. The van der Waals surface area contributed by atoms with Gasteiger partial charge in [0.15, 0.2) is 0 Å². The molecule has 1 atom stereocenters. The molecule has 1 aliphatic heterocycles. The molecule has 4 heteroatoms. The van der Waals surface area contributed by atoms with Gasteiger partial charge in [-0.2, -0.15) is 0 Å². The molecule has 1 aliphatic rings. The van der Waals surface area contributed by atoms with E-state index in [0.717, 1.165) is 44.2 Å². The molecule has 2 N–H and O–H groups in total. The van der Waals surface area contributed by atoms with Crippen molar-refractivity contribution in [3.63, 3.8) is 0 Å². The summed E-state index contributed by atoms with van der Waals surface area (Å²) in [6.07, 6.45) is 0. The second-order valence-electron chi connectivity index (χ2n) is 4.30. The maximum Gasteiger partial charge on any atom is 0.119 e. The highest BCUT2D eigenvalue weighted by molar-refractivity contribution is 5.30. The van der Waals surface area contributed by atoms with Crippen molar-refractivity contribution >= 4 is 0 Å². The largest absolute Gasteiger partial charge is 0.497 e. The van der Waals surface area contributed by atoms with Crippen LogP contribution in [0.2, 0.25) is 0 Å². The van der Waals surface area contributed by atoms with E-state index in [0.29, 0.717) is 0 Å². The van der Waals surface area contributed by atoms with Crippen molar-refractivity contribution in [2.24, 2.45) is 5.73 Å². The van der Waals surface area contributed by atoms with Gasteiger partial charge in [-0.1, -0.05) is 12.1 Å². The summed E-state index contributed by atoms with van der Waals surface area (Å²) >= 11 is 0. The summed E-state index contributed by atoms with van der Waals surface area (Å²) in [5.41, 5.74) is 7.33. The van der Waals surface area contributed by atoms with Crippen molar-refractivity contribution in [1.29, 1.82) is 0 Å². The number of hydrogen-bond donors (Lipinski definition) is 1.